The molecule has 1 saturated heterocycles. The number of esters is 1. The summed E-state index contributed by atoms with van der Waals surface area (Å²) in [6.45, 7) is 3.30. The Hall–Kier alpha value is -3.03. The fraction of sp³-hybridized carbons (Fsp3) is 0.542. The van der Waals surface area contributed by atoms with Gasteiger partial charge in [-0.05, 0) is 56.4 Å². The van der Waals surface area contributed by atoms with E-state index in [9.17, 15) is 14.4 Å². The fourth-order valence-corrected chi connectivity index (χ4v) is 4.12. The molecule has 0 unspecified atom stereocenters. The molecule has 1 aliphatic carbocycles. The highest BCUT2D eigenvalue weighted by atomic mass is 16.5. The predicted molar refractivity (Wildman–Crippen MR) is 124 cm³/mol. The van der Waals surface area contributed by atoms with Crippen molar-refractivity contribution in [2.45, 2.75) is 64.0 Å². The Morgan fingerprint density at radius 1 is 0.969 bits per heavy atom. The van der Waals surface area contributed by atoms with Crippen LogP contribution >= 0.6 is 0 Å². The van der Waals surface area contributed by atoms with Crippen molar-refractivity contribution in [2.24, 2.45) is 0 Å². The molecular formula is C24H34N4O4. The van der Waals surface area contributed by atoms with E-state index in [-0.39, 0.29) is 24.1 Å². The highest BCUT2D eigenvalue weighted by molar-refractivity contribution is 5.90. The second-order valence-corrected chi connectivity index (χ2v) is 8.35. The van der Waals surface area contributed by atoms with Gasteiger partial charge in [-0.3, -0.25) is 0 Å². The van der Waals surface area contributed by atoms with Gasteiger partial charge < -0.3 is 25.6 Å². The number of carbonyl (C=O) groups is 3. The van der Waals surface area contributed by atoms with Crippen molar-refractivity contribution in [3.05, 3.63) is 35.9 Å². The molecule has 0 radical (unpaired) electrons. The SMILES string of the molecule is CCOC(=O)/C=C/c1ccc(NC(=O)N2CCC(NC(=O)NC3CCCCC3)CC2)cc1. The maximum absolute atomic E-state index is 12.6. The minimum atomic E-state index is -0.380. The second kappa shape index (κ2) is 12.1. The summed E-state index contributed by atoms with van der Waals surface area (Å²) in [5, 5.41) is 9.05. The minimum Gasteiger partial charge on any atom is -0.463 e. The van der Waals surface area contributed by atoms with Crippen LogP contribution in [0.3, 0.4) is 0 Å². The maximum Gasteiger partial charge on any atom is 0.330 e. The van der Waals surface area contributed by atoms with E-state index in [1.807, 2.05) is 12.1 Å². The van der Waals surface area contributed by atoms with Crippen molar-refractivity contribution >= 4 is 29.8 Å². The van der Waals surface area contributed by atoms with Crippen molar-refractivity contribution in [2.75, 3.05) is 25.0 Å². The number of rotatable bonds is 6. The monoisotopic (exact) mass is 442 g/mol. The zero-order valence-electron chi connectivity index (χ0n) is 18.8. The molecule has 4 amide bonds. The summed E-state index contributed by atoms with van der Waals surface area (Å²) in [6, 6.07) is 7.40. The standard InChI is InChI=1S/C24H34N4O4/c1-2-32-22(29)13-10-18-8-11-20(12-9-18)27-24(31)28-16-14-21(15-17-28)26-23(30)25-19-6-4-3-5-7-19/h8-13,19,21H,2-7,14-17H2,1H3,(H,27,31)(H2,25,26,30)/b13-10+. The van der Waals surface area contributed by atoms with Gasteiger partial charge in [-0.1, -0.05) is 31.4 Å². The first kappa shape index (κ1) is 23.6. The number of carbonyl (C=O) groups excluding carboxylic acids is 3. The average molecular weight is 443 g/mol. The Bertz CT molecular complexity index is 795. The molecule has 8 nitrogen and oxygen atoms in total. The van der Waals surface area contributed by atoms with Crippen LogP contribution in [0.15, 0.2) is 30.3 Å². The number of hydrogen-bond acceptors (Lipinski definition) is 4. The summed E-state index contributed by atoms with van der Waals surface area (Å²) in [4.78, 5) is 38.0. The van der Waals surface area contributed by atoms with Gasteiger partial charge >= 0.3 is 18.0 Å². The molecule has 0 bridgehead atoms. The number of hydrogen-bond donors (Lipinski definition) is 3. The zero-order valence-corrected chi connectivity index (χ0v) is 18.8. The van der Waals surface area contributed by atoms with Crippen molar-refractivity contribution < 1.29 is 19.1 Å². The van der Waals surface area contributed by atoms with Crippen LogP contribution in [0.25, 0.3) is 6.08 Å². The minimum absolute atomic E-state index is 0.0862. The number of nitrogens with zero attached hydrogens (tertiary/aromatic N) is 1. The number of anilines is 1. The lowest BCUT2D eigenvalue weighted by atomic mass is 9.96. The molecule has 1 saturated carbocycles. The van der Waals surface area contributed by atoms with Gasteiger partial charge in [0.2, 0.25) is 0 Å². The van der Waals surface area contributed by atoms with Crippen LogP contribution in [0, 0.1) is 0 Å². The molecule has 8 heteroatoms. The van der Waals surface area contributed by atoms with Crippen LogP contribution in [0.5, 0.6) is 0 Å². The van der Waals surface area contributed by atoms with E-state index < -0.39 is 0 Å². The fourth-order valence-electron chi connectivity index (χ4n) is 4.12. The van der Waals surface area contributed by atoms with Gasteiger partial charge in [0.15, 0.2) is 0 Å². The van der Waals surface area contributed by atoms with Crippen LogP contribution in [-0.4, -0.2) is 54.7 Å². The molecule has 32 heavy (non-hydrogen) atoms. The van der Waals surface area contributed by atoms with Crippen LogP contribution in [-0.2, 0) is 9.53 Å². The first-order valence-electron chi connectivity index (χ1n) is 11.6. The molecule has 0 atom stereocenters. The van der Waals surface area contributed by atoms with Crippen LogP contribution in [0.1, 0.15) is 57.4 Å². The van der Waals surface area contributed by atoms with Gasteiger partial charge in [0.05, 0.1) is 6.61 Å². The second-order valence-electron chi connectivity index (χ2n) is 8.35. The number of amides is 4. The Morgan fingerprint density at radius 2 is 1.59 bits per heavy atom. The smallest absolute Gasteiger partial charge is 0.330 e. The van der Waals surface area contributed by atoms with Crippen molar-refractivity contribution in [3.8, 4) is 0 Å². The molecule has 0 aromatic heterocycles. The molecule has 3 N–H and O–H groups in total. The Morgan fingerprint density at radius 3 is 2.22 bits per heavy atom. The normalized spacial score (nSPS) is 17.7. The highest BCUT2D eigenvalue weighted by Crippen LogP contribution is 2.18. The third-order valence-electron chi connectivity index (χ3n) is 5.92. The van der Waals surface area contributed by atoms with Crippen molar-refractivity contribution in [1.29, 1.82) is 0 Å². The number of piperidine rings is 1. The first-order chi connectivity index (χ1) is 15.5. The van der Waals surface area contributed by atoms with Crippen LogP contribution in [0.2, 0.25) is 0 Å². The maximum atomic E-state index is 12.6. The largest absolute Gasteiger partial charge is 0.463 e. The topological polar surface area (TPSA) is 99.8 Å². The van der Waals surface area contributed by atoms with Crippen LogP contribution < -0.4 is 16.0 Å². The van der Waals surface area contributed by atoms with E-state index in [0.717, 1.165) is 31.2 Å². The molecule has 174 valence electrons. The predicted octanol–water partition coefficient (Wildman–Crippen LogP) is 3.89. The van der Waals surface area contributed by atoms with Gasteiger partial charge in [-0.2, -0.15) is 0 Å². The molecule has 3 rings (SSSR count). The summed E-state index contributed by atoms with van der Waals surface area (Å²) < 4.78 is 4.85. The number of likely N-dealkylation sites (tertiary alicyclic amines) is 1. The van der Waals surface area contributed by atoms with Gasteiger partial charge in [-0.15, -0.1) is 0 Å². The quantitative estimate of drug-likeness (QED) is 0.460. The summed E-state index contributed by atoms with van der Waals surface area (Å²) in [6.07, 6.45) is 10.3. The van der Waals surface area contributed by atoms with Gasteiger partial charge in [-0.25, -0.2) is 14.4 Å². The lowest BCUT2D eigenvalue weighted by molar-refractivity contribution is -0.137. The lowest BCUT2D eigenvalue weighted by Gasteiger charge is -2.33. The van der Waals surface area contributed by atoms with E-state index in [4.69, 9.17) is 4.74 Å². The summed E-state index contributed by atoms with van der Waals surface area (Å²) in [7, 11) is 0. The summed E-state index contributed by atoms with van der Waals surface area (Å²) in [5.41, 5.74) is 1.53. The summed E-state index contributed by atoms with van der Waals surface area (Å²) in [5.74, 6) is -0.380. The molecule has 2 fully saturated rings. The summed E-state index contributed by atoms with van der Waals surface area (Å²) >= 11 is 0. The zero-order chi connectivity index (χ0) is 22.8. The number of benzene rings is 1. The molecular weight excluding hydrogens is 408 g/mol. The number of nitrogens with one attached hydrogen (secondary N) is 3. The Kier molecular flexibility index (Phi) is 8.95. The third-order valence-corrected chi connectivity index (χ3v) is 5.92. The van der Waals surface area contributed by atoms with E-state index >= 15 is 0 Å². The molecule has 1 aromatic rings. The van der Waals surface area contributed by atoms with Gasteiger partial charge in [0.1, 0.15) is 0 Å². The molecule has 1 aromatic carbocycles. The van der Waals surface area contributed by atoms with Crippen LogP contribution in [0.4, 0.5) is 15.3 Å². The Balaban J connectivity index is 1.38. The highest BCUT2D eigenvalue weighted by Gasteiger charge is 2.25. The molecule has 1 aliphatic heterocycles. The first-order valence-corrected chi connectivity index (χ1v) is 11.6. The third kappa shape index (κ3) is 7.59. The number of ether oxygens (including phenoxy) is 1. The average Bonchev–Trinajstić information content (AvgIpc) is 2.80. The van der Waals surface area contributed by atoms with Crippen molar-refractivity contribution in [3.63, 3.8) is 0 Å². The number of urea groups is 2. The molecule has 1 heterocycles. The molecule has 2 aliphatic rings. The lowest BCUT2D eigenvalue weighted by Crippen LogP contribution is -2.51. The van der Waals surface area contributed by atoms with E-state index in [0.29, 0.717) is 31.4 Å². The van der Waals surface area contributed by atoms with Gasteiger partial charge in [0.25, 0.3) is 0 Å². The molecule has 0 spiro atoms. The van der Waals surface area contributed by atoms with Gasteiger partial charge in [0, 0.05) is 36.9 Å². The van der Waals surface area contributed by atoms with E-state index in [1.54, 1.807) is 30.0 Å². The van der Waals surface area contributed by atoms with E-state index in [1.165, 1.54) is 25.3 Å². The van der Waals surface area contributed by atoms with Crippen molar-refractivity contribution in [1.82, 2.24) is 15.5 Å². The Labute approximate surface area is 189 Å². The van der Waals surface area contributed by atoms with E-state index in [2.05, 4.69) is 16.0 Å².